The number of aromatic nitrogens is 2. The first kappa shape index (κ1) is 22.7. The number of hydrogen-bond acceptors (Lipinski definition) is 6. The third kappa shape index (κ3) is 4.39. The van der Waals surface area contributed by atoms with Crippen LogP contribution in [0, 0.1) is 11.3 Å². The average Bonchev–Trinajstić information content (AvgIpc) is 2.87. The zero-order valence-electron chi connectivity index (χ0n) is 19.1. The van der Waals surface area contributed by atoms with Crippen molar-refractivity contribution < 1.29 is 9.53 Å². The molecule has 0 fully saturated rings. The minimum absolute atomic E-state index is 0.348. The number of nitrogens with two attached hydrogens (primary N) is 1. The first-order valence-electron chi connectivity index (χ1n) is 11.1. The van der Waals surface area contributed by atoms with Crippen LogP contribution >= 0.6 is 0 Å². The maximum atomic E-state index is 11.9. The predicted molar refractivity (Wildman–Crippen MR) is 133 cm³/mol. The fourth-order valence-electron chi connectivity index (χ4n) is 3.93. The van der Waals surface area contributed by atoms with Gasteiger partial charge in [0.15, 0.2) is 0 Å². The number of carbonyl (C=O) groups excluding carboxylic acids is 1. The van der Waals surface area contributed by atoms with Crippen LogP contribution in [-0.4, -0.2) is 28.5 Å². The third-order valence-electron chi connectivity index (χ3n) is 5.63. The lowest BCUT2D eigenvalue weighted by molar-refractivity contribution is -0.118. The SMILES string of the molecule is CCOc1ccccc1-c1ccc(-c2nc3cnccc3c(N[C@H](CC)C(N)=O)c2C#N)cc1. The van der Waals surface area contributed by atoms with Crippen LogP contribution in [0.25, 0.3) is 33.3 Å². The average molecular weight is 452 g/mol. The van der Waals surface area contributed by atoms with Crippen LogP contribution in [0.3, 0.4) is 0 Å². The molecule has 2 heterocycles. The Hall–Kier alpha value is -4.44. The van der Waals surface area contributed by atoms with E-state index in [1.165, 1.54) is 0 Å². The van der Waals surface area contributed by atoms with Crippen molar-refractivity contribution in [3.05, 3.63) is 72.6 Å². The fourth-order valence-corrected chi connectivity index (χ4v) is 3.93. The Labute approximate surface area is 198 Å². The summed E-state index contributed by atoms with van der Waals surface area (Å²) in [4.78, 5) is 20.8. The number of hydrogen-bond donors (Lipinski definition) is 2. The van der Waals surface area contributed by atoms with Gasteiger partial charge in [0, 0.05) is 22.7 Å². The van der Waals surface area contributed by atoms with Gasteiger partial charge in [-0.2, -0.15) is 5.26 Å². The van der Waals surface area contributed by atoms with Crippen molar-refractivity contribution in [2.45, 2.75) is 26.3 Å². The van der Waals surface area contributed by atoms with E-state index in [1.807, 2.05) is 62.4 Å². The molecule has 0 bridgehead atoms. The molecule has 0 radical (unpaired) electrons. The minimum atomic E-state index is -0.615. The second-order valence-electron chi connectivity index (χ2n) is 7.73. The van der Waals surface area contributed by atoms with Gasteiger partial charge in [-0.25, -0.2) is 4.98 Å². The van der Waals surface area contributed by atoms with Crippen molar-refractivity contribution >= 4 is 22.5 Å². The van der Waals surface area contributed by atoms with E-state index in [9.17, 15) is 10.1 Å². The molecule has 0 spiro atoms. The monoisotopic (exact) mass is 451 g/mol. The number of pyridine rings is 2. The molecule has 0 saturated heterocycles. The number of nitrogens with one attached hydrogen (secondary N) is 1. The number of fused-ring (bicyclic) bond motifs is 1. The minimum Gasteiger partial charge on any atom is -0.493 e. The third-order valence-corrected chi connectivity index (χ3v) is 5.63. The number of nitriles is 1. The van der Waals surface area contributed by atoms with E-state index in [-0.39, 0.29) is 0 Å². The molecule has 2 aromatic carbocycles. The molecule has 4 rings (SSSR count). The topological polar surface area (TPSA) is 114 Å². The van der Waals surface area contributed by atoms with Crippen molar-refractivity contribution in [2.24, 2.45) is 5.73 Å². The zero-order valence-corrected chi connectivity index (χ0v) is 19.1. The summed E-state index contributed by atoms with van der Waals surface area (Å²) >= 11 is 0. The van der Waals surface area contributed by atoms with Crippen LogP contribution in [0.5, 0.6) is 5.75 Å². The van der Waals surface area contributed by atoms with E-state index >= 15 is 0 Å². The first-order chi connectivity index (χ1) is 16.6. The molecular formula is C27H25N5O2. The summed E-state index contributed by atoms with van der Waals surface area (Å²) < 4.78 is 5.77. The van der Waals surface area contributed by atoms with Gasteiger partial charge in [-0.15, -0.1) is 0 Å². The molecule has 2 aromatic heterocycles. The molecule has 3 N–H and O–H groups in total. The molecule has 34 heavy (non-hydrogen) atoms. The van der Waals surface area contributed by atoms with Crippen molar-refractivity contribution in [1.29, 1.82) is 5.26 Å². The van der Waals surface area contributed by atoms with Crippen LogP contribution in [0.1, 0.15) is 25.8 Å². The number of carbonyl (C=O) groups is 1. The number of anilines is 1. The Balaban J connectivity index is 1.84. The van der Waals surface area contributed by atoms with Crippen molar-refractivity contribution in [3.63, 3.8) is 0 Å². The number of rotatable bonds is 8. The zero-order chi connectivity index (χ0) is 24.1. The Kier molecular flexibility index (Phi) is 6.69. The highest BCUT2D eigenvalue weighted by atomic mass is 16.5. The van der Waals surface area contributed by atoms with Gasteiger partial charge in [0.05, 0.1) is 29.7 Å². The standard InChI is InChI=1S/C27H25N5O2/c1-3-22(27(29)33)31-26-20-13-14-30-16-23(20)32-25(21(26)15-28)18-11-9-17(10-12-18)19-7-5-6-8-24(19)34-4-2/h5-14,16,22H,3-4H2,1-2H3,(H2,29,33)(H,31,32)/t22-/m1/s1. The van der Waals surface area contributed by atoms with Crippen LogP contribution in [0.4, 0.5) is 5.69 Å². The molecule has 0 aliphatic carbocycles. The van der Waals surface area contributed by atoms with Gasteiger partial charge in [0.2, 0.25) is 5.91 Å². The molecule has 1 amide bonds. The molecule has 7 heteroatoms. The molecule has 0 aliphatic heterocycles. The number of ether oxygens (including phenoxy) is 1. The van der Waals surface area contributed by atoms with Gasteiger partial charge in [0.25, 0.3) is 0 Å². The molecular weight excluding hydrogens is 426 g/mol. The molecule has 1 atom stereocenters. The summed E-state index contributed by atoms with van der Waals surface area (Å²) in [7, 11) is 0. The summed E-state index contributed by atoms with van der Waals surface area (Å²) in [6, 6.07) is 19.1. The van der Waals surface area contributed by atoms with E-state index < -0.39 is 11.9 Å². The number of benzene rings is 2. The summed E-state index contributed by atoms with van der Waals surface area (Å²) in [5, 5.41) is 14.0. The summed E-state index contributed by atoms with van der Waals surface area (Å²) in [5.74, 6) is 0.332. The van der Waals surface area contributed by atoms with Gasteiger partial charge < -0.3 is 15.8 Å². The van der Waals surface area contributed by atoms with Crippen molar-refractivity contribution in [3.8, 4) is 34.2 Å². The van der Waals surface area contributed by atoms with Crippen LogP contribution in [-0.2, 0) is 4.79 Å². The maximum Gasteiger partial charge on any atom is 0.239 e. The van der Waals surface area contributed by atoms with E-state index in [1.54, 1.807) is 18.5 Å². The lowest BCUT2D eigenvalue weighted by atomic mass is 9.98. The second-order valence-corrected chi connectivity index (χ2v) is 7.73. The number of primary amides is 1. The number of amides is 1. The normalized spacial score (nSPS) is 11.6. The van der Waals surface area contributed by atoms with E-state index in [0.717, 1.165) is 22.4 Å². The fraction of sp³-hybridized carbons (Fsp3) is 0.185. The largest absolute Gasteiger partial charge is 0.493 e. The van der Waals surface area contributed by atoms with E-state index in [4.69, 9.17) is 15.5 Å². The summed E-state index contributed by atoms with van der Waals surface area (Å²) in [6.07, 6.45) is 3.76. The van der Waals surface area contributed by atoms with Crippen LogP contribution < -0.4 is 15.8 Å². The van der Waals surface area contributed by atoms with E-state index in [2.05, 4.69) is 16.4 Å². The van der Waals surface area contributed by atoms with Gasteiger partial charge in [0.1, 0.15) is 23.4 Å². The van der Waals surface area contributed by atoms with Crippen molar-refractivity contribution in [2.75, 3.05) is 11.9 Å². The Bertz CT molecular complexity index is 1380. The van der Waals surface area contributed by atoms with E-state index in [0.29, 0.717) is 40.9 Å². The summed E-state index contributed by atoms with van der Waals surface area (Å²) in [5.41, 5.74) is 10.3. The Morgan fingerprint density at radius 2 is 1.85 bits per heavy atom. The van der Waals surface area contributed by atoms with Crippen LogP contribution in [0.15, 0.2) is 67.0 Å². The highest BCUT2D eigenvalue weighted by molar-refractivity contribution is 5.99. The summed E-state index contributed by atoms with van der Waals surface area (Å²) in [6.45, 7) is 4.39. The Morgan fingerprint density at radius 3 is 2.53 bits per heavy atom. The van der Waals surface area contributed by atoms with Gasteiger partial charge in [-0.3, -0.25) is 9.78 Å². The lowest BCUT2D eigenvalue weighted by Crippen LogP contribution is -2.35. The molecule has 170 valence electrons. The second kappa shape index (κ2) is 10.0. The number of nitrogens with zero attached hydrogens (tertiary/aromatic N) is 3. The molecule has 0 aliphatic rings. The highest BCUT2D eigenvalue weighted by Crippen LogP contribution is 2.36. The lowest BCUT2D eigenvalue weighted by Gasteiger charge is -2.19. The molecule has 0 unspecified atom stereocenters. The van der Waals surface area contributed by atoms with Gasteiger partial charge >= 0.3 is 0 Å². The molecule has 7 nitrogen and oxygen atoms in total. The van der Waals surface area contributed by atoms with Gasteiger partial charge in [-0.05, 0) is 31.0 Å². The predicted octanol–water partition coefficient (Wildman–Crippen LogP) is 4.91. The Morgan fingerprint density at radius 1 is 1.12 bits per heavy atom. The maximum absolute atomic E-state index is 11.9. The highest BCUT2D eigenvalue weighted by Gasteiger charge is 2.21. The first-order valence-corrected chi connectivity index (χ1v) is 11.1. The number of para-hydroxylation sites is 1. The smallest absolute Gasteiger partial charge is 0.239 e. The van der Waals surface area contributed by atoms with Crippen LogP contribution in [0.2, 0.25) is 0 Å². The van der Waals surface area contributed by atoms with Gasteiger partial charge in [-0.1, -0.05) is 49.4 Å². The quantitative estimate of drug-likeness (QED) is 0.393. The molecule has 0 saturated carbocycles. The molecule has 4 aromatic rings. The van der Waals surface area contributed by atoms with Crippen molar-refractivity contribution in [1.82, 2.24) is 9.97 Å².